The number of amides is 2. The second-order valence-electron chi connectivity index (χ2n) is 9.64. The minimum atomic E-state index is -2.94. The number of carbonyl (C=O) groups is 2. The van der Waals surface area contributed by atoms with Gasteiger partial charge in [-0.05, 0) is 36.5 Å². The summed E-state index contributed by atoms with van der Waals surface area (Å²) >= 11 is 1.49. The van der Waals surface area contributed by atoms with E-state index in [9.17, 15) is 18.4 Å². The second kappa shape index (κ2) is 8.41. The molecule has 2 fully saturated rings. The van der Waals surface area contributed by atoms with Crippen molar-refractivity contribution >= 4 is 40.7 Å². The van der Waals surface area contributed by atoms with E-state index in [0.29, 0.717) is 17.4 Å². The number of nitrogens with one attached hydrogen (secondary N) is 1. The van der Waals surface area contributed by atoms with Gasteiger partial charge in [0, 0.05) is 36.8 Å². The summed E-state index contributed by atoms with van der Waals surface area (Å²) in [5.41, 5.74) is 9.75. The Morgan fingerprint density at radius 1 is 1.26 bits per heavy atom. The van der Waals surface area contributed by atoms with E-state index in [2.05, 4.69) is 15.3 Å². The molecule has 2 unspecified atom stereocenters. The van der Waals surface area contributed by atoms with Crippen molar-refractivity contribution in [1.29, 1.82) is 0 Å². The highest BCUT2D eigenvalue weighted by molar-refractivity contribution is 7.10. The number of piperidine rings is 1. The van der Waals surface area contributed by atoms with E-state index in [-0.39, 0.29) is 18.4 Å². The Bertz CT molecular complexity index is 1160. The minimum Gasteiger partial charge on any atom is -0.383 e. The Balaban J connectivity index is 1.39. The van der Waals surface area contributed by atoms with Gasteiger partial charge in [0.1, 0.15) is 5.82 Å². The number of thiazole rings is 1. The molecule has 34 heavy (non-hydrogen) atoms. The zero-order chi connectivity index (χ0) is 24.2. The van der Waals surface area contributed by atoms with E-state index in [1.807, 2.05) is 19.1 Å². The average molecular weight is 488 g/mol. The molecular formula is C24H27F2N5O2S. The van der Waals surface area contributed by atoms with Crippen LogP contribution >= 0.6 is 11.3 Å². The van der Waals surface area contributed by atoms with Gasteiger partial charge in [-0.3, -0.25) is 9.59 Å². The quantitative estimate of drug-likeness (QED) is 0.630. The number of pyridine rings is 1. The lowest BCUT2D eigenvalue weighted by Gasteiger charge is -2.46. The highest BCUT2D eigenvalue weighted by Gasteiger charge is 2.51. The summed E-state index contributed by atoms with van der Waals surface area (Å²) in [6, 6.07) is 0.919. The molecule has 1 saturated heterocycles. The number of anilines is 2. The van der Waals surface area contributed by atoms with E-state index < -0.39 is 36.1 Å². The molecule has 2 aromatic rings. The molecule has 2 amide bonds. The third-order valence-electron chi connectivity index (χ3n) is 7.30. The predicted molar refractivity (Wildman–Crippen MR) is 127 cm³/mol. The second-order valence-corrected chi connectivity index (χ2v) is 10.5. The number of nitrogens with two attached hydrogens (primary N) is 1. The van der Waals surface area contributed by atoms with E-state index >= 15 is 0 Å². The molecule has 3 N–H and O–H groups in total. The summed E-state index contributed by atoms with van der Waals surface area (Å²) in [4.78, 5) is 37.1. The maximum atomic E-state index is 14.8. The van der Waals surface area contributed by atoms with Gasteiger partial charge in [0.2, 0.25) is 0 Å². The number of fused-ring (bicyclic) bond motifs is 1. The highest BCUT2D eigenvalue weighted by Crippen LogP contribution is 2.45. The van der Waals surface area contributed by atoms with Crippen LogP contribution in [0.1, 0.15) is 61.1 Å². The van der Waals surface area contributed by atoms with Crippen LogP contribution in [0.4, 0.5) is 20.3 Å². The number of hydrogen-bond donors (Lipinski definition) is 2. The molecule has 1 saturated carbocycles. The van der Waals surface area contributed by atoms with Crippen LogP contribution in [0.5, 0.6) is 0 Å². The van der Waals surface area contributed by atoms with Gasteiger partial charge in [0.05, 0.1) is 28.0 Å². The van der Waals surface area contributed by atoms with Crippen molar-refractivity contribution < 1.29 is 18.4 Å². The van der Waals surface area contributed by atoms with Gasteiger partial charge < -0.3 is 16.0 Å². The van der Waals surface area contributed by atoms with Crippen LogP contribution in [0.25, 0.3) is 6.08 Å². The van der Waals surface area contributed by atoms with Crippen molar-refractivity contribution in [2.24, 2.45) is 11.8 Å². The van der Waals surface area contributed by atoms with Crippen molar-refractivity contribution in [3.63, 3.8) is 0 Å². The first kappa shape index (κ1) is 22.9. The Kier molecular flexibility index (Phi) is 5.66. The van der Waals surface area contributed by atoms with E-state index in [1.54, 1.807) is 11.6 Å². The number of nitrogens with zero attached hydrogens (tertiary/aromatic N) is 3. The fourth-order valence-electron chi connectivity index (χ4n) is 5.07. The average Bonchev–Trinajstić information content (AvgIpc) is 3.52. The third-order valence-corrected chi connectivity index (χ3v) is 8.11. The summed E-state index contributed by atoms with van der Waals surface area (Å²) < 4.78 is 29.6. The Hall–Kier alpha value is -2.88. The molecule has 7 nitrogen and oxygen atoms in total. The monoisotopic (exact) mass is 487 g/mol. The summed E-state index contributed by atoms with van der Waals surface area (Å²) in [6.45, 7) is 3.15. The lowest BCUT2D eigenvalue weighted by atomic mass is 9.75. The van der Waals surface area contributed by atoms with Crippen LogP contribution in [0.2, 0.25) is 0 Å². The van der Waals surface area contributed by atoms with E-state index in [4.69, 9.17) is 5.73 Å². The zero-order valence-corrected chi connectivity index (χ0v) is 19.8. The molecule has 10 heteroatoms. The maximum Gasteiger partial charge on any atom is 0.313 e. The Labute approximate surface area is 200 Å². The van der Waals surface area contributed by atoms with E-state index in [0.717, 1.165) is 29.0 Å². The molecule has 0 spiro atoms. The van der Waals surface area contributed by atoms with Crippen molar-refractivity contribution in [3.05, 3.63) is 40.0 Å². The normalized spacial score (nSPS) is 27.8. The number of hydrogen-bond acceptors (Lipinski definition) is 6. The zero-order valence-electron chi connectivity index (χ0n) is 19.0. The number of alkyl halides is 2. The molecule has 5 rings (SSSR count). The first-order valence-electron chi connectivity index (χ1n) is 11.5. The number of halogens is 2. The standard InChI is InChI=1S/C24H27F2N5O2S/c1-12-10-31(23(33)22(32)30-15-7-17(14-3-4-14)21(27)28-9-15)18(8-24(12,25)26)16-5-6-19-20(13(16)2)29-11-34-19/h5-7,9,11-14,16,18H,3-4,8,10H2,1-2H3,(H2,27,28)(H,30,32)/t12-,13?,16?,18-/m0/s1. The van der Waals surface area contributed by atoms with Crippen molar-refractivity contribution in [3.8, 4) is 0 Å². The summed E-state index contributed by atoms with van der Waals surface area (Å²) in [5.74, 6) is -5.46. The van der Waals surface area contributed by atoms with Crippen LogP contribution < -0.4 is 11.1 Å². The van der Waals surface area contributed by atoms with Crippen LogP contribution in [0.15, 0.2) is 23.8 Å². The van der Waals surface area contributed by atoms with Gasteiger partial charge in [-0.2, -0.15) is 0 Å². The number of rotatable bonds is 3. The Morgan fingerprint density at radius 3 is 2.76 bits per heavy atom. The maximum absolute atomic E-state index is 14.8. The van der Waals surface area contributed by atoms with Crippen LogP contribution in [0.3, 0.4) is 0 Å². The first-order chi connectivity index (χ1) is 16.2. The van der Waals surface area contributed by atoms with Gasteiger partial charge in [0.15, 0.2) is 0 Å². The van der Waals surface area contributed by atoms with Crippen molar-refractivity contribution in [1.82, 2.24) is 14.9 Å². The smallest absolute Gasteiger partial charge is 0.313 e. The molecule has 0 radical (unpaired) electrons. The topological polar surface area (TPSA) is 101 Å². The highest BCUT2D eigenvalue weighted by atomic mass is 32.1. The number of nitrogen functional groups attached to an aromatic ring is 1. The van der Waals surface area contributed by atoms with Gasteiger partial charge in [-0.15, -0.1) is 11.3 Å². The molecule has 0 bridgehead atoms. The van der Waals surface area contributed by atoms with E-state index in [1.165, 1.54) is 29.4 Å². The largest absolute Gasteiger partial charge is 0.383 e. The fraction of sp³-hybridized carbons (Fsp3) is 0.500. The molecular weight excluding hydrogens is 460 g/mol. The lowest BCUT2D eigenvalue weighted by molar-refractivity contribution is -0.161. The van der Waals surface area contributed by atoms with Gasteiger partial charge >= 0.3 is 11.8 Å². The lowest BCUT2D eigenvalue weighted by Crippen LogP contribution is -2.59. The Morgan fingerprint density at radius 2 is 2.03 bits per heavy atom. The van der Waals surface area contributed by atoms with Gasteiger partial charge in [-0.1, -0.05) is 19.9 Å². The fourth-order valence-corrected chi connectivity index (χ4v) is 5.86. The molecule has 2 aromatic heterocycles. The molecule has 180 valence electrons. The minimum absolute atomic E-state index is 0.152. The predicted octanol–water partition coefficient (Wildman–Crippen LogP) is 4.26. The van der Waals surface area contributed by atoms with Crippen molar-refractivity contribution in [2.45, 2.75) is 56.9 Å². The third kappa shape index (κ3) is 4.08. The van der Waals surface area contributed by atoms with Gasteiger partial charge in [-0.25, -0.2) is 18.7 Å². The van der Waals surface area contributed by atoms with Crippen molar-refractivity contribution in [2.75, 3.05) is 17.6 Å². The number of aromatic nitrogens is 2. The molecule has 3 aliphatic rings. The number of carbonyl (C=O) groups excluding carboxylic acids is 2. The summed E-state index contributed by atoms with van der Waals surface area (Å²) in [5, 5.41) is 2.61. The molecule has 0 aromatic carbocycles. The van der Waals surface area contributed by atoms with Crippen LogP contribution in [-0.2, 0) is 9.59 Å². The molecule has 1 aliphatic heterocycles. The molecule has 3 heterocycles. The van der Waals surface area contributed by atoms with Crippen LogP contribution in [-0.4, -0.2) is 45.2 Å². The number of likely N-dealkylation sites (tertiary alicyclic amines) is 1. The van der Waals surface area contributed by atoms with Crippen LogP contribution in [0, 0.1) is 11.8 Å². The first-order valence-corrected chi connectivity index (χ1v) is 12.4. The summed E-state index contributed by atoms with van der Waals surface area (Å²) in [7, 11) is 0. The summed E-state index contributed by atoms with van der Waals surface area (Å²) in [6.07, 6.45) is 6.70. The molecule has 4 atom stereocenters. The van der Waals surface area contributed by atoms with Gasteiger partial charge in [0.25, 0.3) is 5.92 Å². The molecule has 2 aliphatic carbocycles. The SMILES string of the molecule is CC1c2ncsc2C=CC1[C@@H]1CC(F)(F)[C@@H](C)CN1C(=O)C(=O)Nc1cnc(N)c(C2CC2)c1.